The van der Waals surface area contributed by atoms with Gasteiger partial charge < -0.3 is 15.4 Å². The highest BCUT2D eigenvalue weighted by Gasteiger charge is 2.36. The smallest absolute Gasteiger partial charge is 0.335 e. The standard InChI is InChI=1S/C27H33N3O3/c1-6-19(20-10-12-21(13-11-20)24(31)30-14-8-9-15-30)16-22-17-23(25(32)33-7-2)27(4,5)26(28)29-18(22)3/h6,10-13,16-17H,3,7-9,14-15H2,1-2,4-5H3,(H2,28,29)/b19-6+,22-16-. The van der Waals surface area contributed by atoms with Gasteiger partial charge in [0.1, 0.15) is 5.84 Å². The average Bonchev–Trinajstić information content (AvgIpc) is 3.31. The number of aliphatic imine (C=N–C) groups is 1. The predicted octanol–water partition coefficient (Wildman–Crippen LogP) is 4.65. The van der Waals surface area contributed by atoms with Crippen molar-refractivity contribution in [2.75, 3.05) is 19.7 Å². The molecule has 6 nitrogen and oxygen atoms in total. The Labute approximate surface area is 196 Å². The molecule has 1 saturated heterocycles. The van der Waals surface area contributed by atoms with Gasteiger partial charge in [-0.15, -0.1) is 0 Å². The largest absolute Gasteiger partial charge is 0.463 e. The molecule has 2 heterocycles. The van der Waals surface area contributed by atoms with E-state index < -0.39 is 11.4 Å². The minimum Gasteiger partial charge on any atom is -0.463 e. The van der Waals surface area contributed by atoms with E-state index in [9.17, 15) is 9.59 Å². The van der Waals surface area contributed by atoms with E-state index in [1.807, 2.05) is 62.1 Å². The van der Waals surface area contributed by atoms with Crippen molar-refractivity contribution in [3.63, 3.8) is 0 Å². The third-order valence-corrected chi connectivity index (χ3v) is 6.18. The fourth-order valence-electron chi connectivity index (χ4n) is 3.96. The number of ether oxygens (including phenoxy) is 1. The maximum Gasteiger partial charge on any atom is 0.335 e. The van der Waals surface area contributed by atoms with Crippen LogP contribution in [0.2, 0.25) is 0 Å². The lowest BCUT2D eigenvalue weighted by atomic mass is 9.82. The molecule has 0 bridgehead atoms. The van der Waals surface area contributed by atoms with Gasteiger partial charge in [0.05, 0.1) is 23.3 Å². The molecule has 1 aromatic carbocycles. The summed E-state index contributed by atoms with van der Waals surface area (Å²) in [6.07, 6.45) is 7.79. The Morgan fingerprint density at radius 1 is 1.18 bits per heavy atom. The maximum absolute atomic E-state index is 12.7. The van der Waals surface area contributed by atoms with Gasteiger partial charge in [0.15, 0.2) is 0 Å². The van der Waals surface area contributed by atoms with Crippen LogP contribution in [0.3, 0.4) is 0 Å². The molecule has 1 fully saturated rings. The number of amides is 1. The molecule has 2 N–H and O–H groups in total. The van der Waals surface area contributed by atoms with Crippen LogP contribution in [-0.2, 0) is 9.53 Å². The number of likely N-dealkylation sites (tertiary alicyclic amines) is 1. The molecule has 0 aliphatic carbocycles. The van der Waals surface area contributed by atoms with Crippen LogP contribution >= 0.6 is 0 Å². The van der Waals surface area contributed by atoms with E-state index >= 15 is 0 Å². The van der Waals surface area contributed by atoms with Crippen molar-refractivity contribution in [3.05, 3.63) is 77.0 Å². The molecular formula is C27H33N3O3. The molecule has 33 heavy (non-hydrogen) atoms. The summed E-state index contributed by atoms with van der Waals surface area (Å²) in [6.45, 7) is 13.4. The first-order chi connectivity index (χ1) is 15.7. The van der Waals surface area contributed by atoms with Crippen molar-refractivity contribution in [2.45, 2.75) is 40.5 Å². The van der Waals surface area contributed by atoms with Crippen LogP contribution in [0.1, 0.15) is 56.5 Å². The van der Waals surface area contributed by atoms with E-state index in [0.29, 0.717) is 28.2 Å². The number of nitrogens with zero attached hydrogens (tertiary/aromatic N) is 2. The van der Waals surface area contributed by atoms with Crippen molar-refractivity contribution < 1.29 is 14.3 Å². The molecule has 0 atom stereocenters. The molecule has 2 aliphatic rings. The van der Waals surface area contributed by atoms with Crippen molar-refractivity contribution >= 4 is 23.3 Å². The summed E-state index contributed by atoms with van der Waals surface area (Å²) < 4.78 is 5.27. The molecule has 1 amide bonds. The Bertz CT molecular complexity index is 1070. The van der Waals surface area contributed by atoms with Gasteiger partial charge in [-0.05, 0) is 76.0 Å². The molecule has 0 aromatic heterocycles. The lowest BCUT2D eigenvalue weighted by molar-refractivity contribution is -0.139. The lowest BCUT2D eigenvalue weighted by Crippen LogP contribution is -2.36. The van der Waals surface area contributed by atoms with Crippen molar-refractivity contribution in [1.82, 2.24) is 4.90 Å². The zero-order chi connectivity index (χ0) is 24.2. The predicted molar refractivity (Wildman–Crippen MR) is 133 cm³/mol. The average molecular weight is 448 g/mol. The first-order valence-electron chi connectivity index (χ1n) is 11.4. The normalized spacial score (nSPS) is 19.8. The Balaban J connectivity index is 1.96. The summed E-state index contributed by atoms with van der Waals surface area (Å²) in [5.74, 6) is -0.0410. The number of benzene rings is 1. The molecule has 0 radical (unpaired) electrons. The molecule has 6 heteroatoms. The Kier molecular flexibility index (Phi) is 7.36. The summed E-state index contributed by atoms with van der Waals surface area (Å²) in [4.78, 5) is 31.7. The second kappa shape index (κ2) is 10.0. The van der Waals surface area contributed by atoms with Gasteiger partial charge in [0, 0.05) is 24.2 Å². The van der Waals surface area contributed by atoms with Crippen molar-refractivity contribution in [2.24, 2.45) is 16.1 Å². The second-order valence-electron chi connectivity index (χ2n) is 8.77. The van der Waals surface area contributed by atoms with Crippen molar-refractivity contribution in [3.8, 4) is 0 Å². The number of esters is 1. The summed E-state index contributed by atoms with van der Waals surface area (Å²) >= 11 is 0. The highest BCUT2D eigenvalue weighted by molar-refractivity contribution is 6.03. The summed E-state index contributed by atoms with van der Waals surface area (Å²) in [5.41, 5.74) is 9.56. The van der Waals surface area contributed by atoms with Crippen LogP contribution in [0, 0.1) is 5.41 Å². The molecule has 2 aliphatic heterocycles. The summed E-state index contributed by atoms with van der Waals surface area (Å²) in [5, 5.41) is 0. The number of hydrogen-bond donors (Lipinski definition) is 1. The fraction of sp³-hybridized carbons (Fsp3) is 0.370. The minimum absolute atomic E-state index is 0.0747. The van der Waals surface area contributed by atoms with E-state index in [1.165, 1.54) is 0 Å². The monoisotopic (exact) mass is 447 g/mol. The Hall–Kier alpha value is -3.41. The van der Waals surface area contributed by atoms with Crippen LogP contribution in [0.4, 0.5) is 0 Å². The highest BCUT2D eigenvalue weighted by Crippen LogP contribution is 2.35. The molecule has 0 spiro atoms. The van der Waals surface area contributed by atoms with Crippen LogP contribution in [0.25, 0.3) is 5.57 Å². The van der Waals surface area contributed by atoms with E-state index in [1.54, 1.807) is 13.0 Å². The van der Waals surface area contributed by atoms with E-state index in [-0.39, 0.29) is 12.5 Å². The number of carbonyl (C=O) groups excluding carboxylic acids is 2. The summed E-state index contributed by atoms with van der Waals surface area (Å²) in [6, 6.07) is 7.59. The maximum atomic E-state index is 12.7. The van der Waals surface area contributed by atoms with Gasteiger partial charge in [-0.2, -0.15) is 0 Å². The fourth-order valence-corrected chi connectivity index (χ4v) is 3.96. The molecule has 1 aromatic rings. The topological polar surface area (TPSA) is 85.0 Å². The number of nitrogens with two attached hydrogens (primary N) is 1. The SMILES string of the molecule is C=C1N=C(N)C(C)(C)C(C(=O)OCC)=C/C1=C/C(=C\C)c1ccc(C(=O)N2CCCC2)cc1. The molecular weight excluding hydrogens is 414 g/mol. The molecule has 0 saturated carbocycles. The lowest BCUT2D eigenvalue weighted by Gasteiger charge is -2.24. The van der Waals surface area contributed by atoms with Crippen LogP contribution in [-0.4, -0.2) is 42.3 Å². The second-order valence-corrected chi connectivity index (χ2v) is 8.77. The van der Waals surface area contributed by atoms with Gasteiger partial charge in [-0.25, -0.2) is 9.79 Å². The first kappa shape index (κ1) is 24.2. The number of allylic oxidation sites excluding steroid dienone is 4. The van der Waals surface area contributed by atoms with Crippen LogP contribution in [0.15, 0.2) is 70.9 Å². The minimum atomic E-state index is -0.793. The van der Waals surface area contributed by atoms with Gasteiger partial charge >= 0.3 is 5.97 Å². The van der Waals surface area contributed by atoms with E-state index in [2.05, 4.69) is 11.6 Å². The number of rotatable bonds is 5. The van der Waals surface area contributed by atoms with Gasteiger partial charge in [-0.3, -0.25) is 4.79 Å². The molecule has 3 rings (SSSR count). The van der Waals surface area contributed by atoms with Gasteiger partial charge in [-0.1, -0.05) is 24.8 Å². The van der Waals surface area contributed by atoms with E-state index in [0.717, 1.165) is 37.1 Å². The molecule has 174 valence electrons. The zero-order valence-corrected chi connectivity index (χ0v) is 20.0. The van der Waals surface area contributed by atoms with Crippen LogP contribution < -0.4 is 5.73 Å². The zero-order valence-electron chi connectivity index (χ0n) is 20.0. The third-order valence-electron chi connectivity index (χ3n) is 6.18. The Morgan fingerprint density at radius 3 is 2.36 bits per heavy atom. The highest BCUT2D eigenvalue weighted by atomic mass is 16.5. The number of hydrogen-bond acceptors (Lipinski definition) is 5. The molecule has 0 unspecified atom stereocenters. The van der Waals surface area contributed by atoms with E-state index in [4.69, 9.17) is 10.5 Å². The number of carbonyl (C=O) groups is 2. The first-order valence-corrected chi connectivity index (χ1v) is 11.4. The summed E-state index contributed by atoms with van der Waals surface area (Å²) in [7, 11) is 0. The van der Waals surface area contributed by atoms with Gasteiger partial charge in [0.2, 0.25) is 0 Å². The quantitative estimate of drug-likeness (QED) is 0.666. The number of amidine groups is 1. The Morgan fingerprint density at radius 2 is 1.79 bits per heavy atom. The third kappa shape index (κ3) is 5.16. The van der Waals surface area contributed by atoms with Crippen LogP contribution in [0.5, 0.6) is 0 Å². The van der Waals surface area contributed by atoms with Gasteiger partial charge in [0.25, 0.3) is 5.91 Å². The van der Waals surface area contributed by atoms with Crippen molar-refractivity contribution in [1.29, 1.82) is 0 Å².